The minimum atomic E-state index is 0.192. The molecule has 1 aromatic rings. The van der Waals surface area contributed by atoms with Gasteiger partial charge in [0.15, 0.2) is 0 Å². The molecule has 2 rings (SSSR count). The van der Waals surface area contributed by atoms with Crippen molar-refractivity contribution in [3.8, 4) is 0 Å². The first-order valence-electron chi connectivity index (χ1n) is 5.53. The van der Waals surface area contributed by atoms with E-state index >= 15 is 0 Å². The third-order valence-corrected chi connectivity index (χ3v) is 6.18. The number of hydrogen-bond acceptors (Lipinski definition) is 1. The molecule has 0 radical (unpaired) electrons. The monoisotopic (exact) mass is 281 g/mol. The van der Waals surface area contributed by atoms with Crippen LogP contribution in [0.3, 0.4) is 0 Å². The Balaban J connectivity index is 2.16. The molecule has 0 amide bonds. The maximum atomic E-state index is 8.59. The zero-order chi connectivity index (χ0) is 11.4. The molecule has 1 saturated carbocycles. The van der Waals surface area contributed by atoms with Crippen LogP contribution in [-0.4, -0.2) is 21.0 Å². The van der Waals surface area contributed by atoms with Crippen LogP contribution in [0.15, 0.2) is 35.4 Å². The van der Waals surface area contributed by atoms with Gasteiger partial charge in [0.2, 0.25) is 0 Å². The van der Waals surface area contributed by atoms with Gasteiger partial charge in [0.05, 0.1) is 0 Å². The molecule has 3 nitrogen and oxygen atoms in total. The first kappa shape index (κ1) is 11.5. The Hall–Kier alpha value is -0.951. The van der Waals surface area contributed by atoms with Crippen LogP contribution in [0.25, 0.3) is 10.4 Å². The summed E-state index contributed by atoms with van der Waals surface area (Å²) in [5.41, 5.74) is 8.59. The number of rotatable bonds is 3. The molecule has 0 spiro atoms. The number of hydrogen-bond donors (Lipinski definition) is 0. The summed E-state index contributed by atoms with van der Waals surface area (Å²) in [6, 6.07) is 10.8. The summed E-state index contributed by atoms with van der Waals surface area (Å²) in [6.45, 7) is 2.27. The Kier molecular flexibility index (Phi) is 3.55. The number of nitrogens with zero attached hydrogens (tertiary/aromatic N) is 3. The van der Waals surface area contributed by atoms with Crippen molar-refractivity contribution in [2.75, 3.05) is 0 Å². The van der Waals surface area contributed by atoms with Crippen molar-refractivity contribution in [2.45, 2.75) is 36.5 Å². The molecule has 0 unspecified atom stereocenters. The summed E-state index contributed by atoms with van der Waals surface area (Å²) in [6.07, 6.45) is 3.43. The van der Waals surface area contributed by atoms with Gasteiger partial charge in [-0.2, -0.15) is 0 Å². The van der Waals surface area contributed by atoms with Crippen LogP contribution in [0.4, 0.5) is 0 Å². The first-order chi connectivity index (χ1) is 7.74. The summed E-state index contributed by atoms with van der Waals surface area (Å²) in [5.74, 6) is 0. The van der Waals surface area contributed by atoms with Gasteiger partial charge in [-0.15, -0.1) is 0 Å². The Labute approximate surface area is 102 Å². The van der Waals surface area contributed by atoms with Crippen LogP contribution in [0, 0.1) is 0 Å². The average Bonchev–Trinajstić information content (AvgIpc) is 2.62. The standard InChI is InChI=1S/C12H15N3Se/c1-12(9-5-8-11(12)14-15-13)16-10-6-3-2-4-7-10/h2-4,6-7,11H,5,8-9H2,1H3/t11-,12-/m1/s1. The summed E-state index contributed by atoms with van der Waals surface area (Å²) in [7, 11) is 0. The van der Waals surface area contributed by atoms with Crippen LogP contribution in [0.1, 0.15) is 26.2 Å². The molecule has 1 fully saturated rings. The van der Waals surface area contributed by atoms with E-state index in [4.69, 9.17) is 5.53 Å². The van der Waals surface area contributed by atoms with Crippen LogP contribution in [-0.2, 0) is 0 Å². The van der Waals surface area contributed by atoms with E-state index in [1.165, 1.54) is 17.3 Å². The molecule has 1 aliphatic rings. The Bertz CT molecular complexity index is 400. The number of azide groups is 1. The van der Waals surface area contributed by atoms with Gasteiger partial charge in [0.1, 0.15) is 0 Å². The van der Waals surface area contributed by atoms with Gasteiger partial charge >= 0.3 is 102 Å². The fourth-order valence-electron chi connectivity index (χ4n) is 2.24. The van der Waals surface area contributed by atoms with E-state index in [2.05, 4.69) is 41.2 Å². The first-order valence-corrected chi connectivity index (χ1v) is 7.24. The van der Waals surface area contributed by atoms with E-state index in [1.54, 1.807) is 0 Å². The average molecular weight is 280 g/mol. The molecular weight excluding hydrogens is 265 g/mol. The fourth-order valence-corrected chi connectivity index (χ4v) is 5.13. The Morgan fingerprint density at radius 3 is 2.88 bits per heavy atom. The molecule has 16 heavy (non-hydrogen) atoms. The molecule has 0 saturated heterocycles. The molecule has 1 aliphatic carbocycles. The molecular formula is C12H15N3Se. The summed E-state index contributed by atoms with van der Waals surface area (Å²) < 4.78 is 1.61. The van der Waals surface area contributed by atoms with E-state index < -0.39 is 0 Å². The predicted molar refractivity (Wildman–Crippen MR) is 67.0 cm³/mol. The van der Waals surface area contributed by atoms with Crippen molar-refractivity contribution in [2.24, 2.45) is 5.11 Å². The molecule has 0 aromatic heterocycles. The zero-order valence-corrected chi connectivity index (χ0v) is 11.0. The second-order valence-electron chi connectivity index (χ2n) is 4.34. The van der Waals surface area contributed by atoms with Gasteiger partial charge in [-0.1, -0.05) is 0 Å². The van der Waals surface area contributed by atoms with Gasteiger partial charge in [-0.05, 0) is 0 Å². The summed E-state index contributed by atoms with van der Waals surface area (Å²) in [5, 5.41) is 3.97. The fraction of sp³-hybridized carbons (Fsp3) is 0.500. The van der Waals surface area contributed by atoms with E-state index in [9.17, 15) is 0 Å². The van der Waals surface area contributed by atoms with Crippen molar-refractivity contribution >= 4 is 19.4 Å². The molecule has 0 bridgehead atoms. The molecule has 4 heteroatoms. The van der Waals surface area contributed by atoms with Crippen molar-refractivity contribution in [1.29, 1.82) is 0 Å². The van der Waals surface area contributed by atoms with E-state index in [1.807, 2.05) is 6.07 Å². The second kappa shape index (κ2) is 4.92. The molecule has 0 aliphatic heterocycles. The summed E-state index contributed by atoms with van der Waals surface area (Å²) >= 11 is 0.392. The van der Waals surface area contributed by atoms with Crippen LogP contribution in [0.2, 0.25) is 4.31 Å². The Morgan fingerprint density at radius 2 is 2.19 bits per heavy atom. The molecule has 0 heterocycles. The molecule has 84 valence electrons. The van der Waals surface area contributed by atoms with Crippen LogP contribution < -0.4 is 4.46 Å². The van der Waals surface area contributed by atoms with Gasteiger partial charge in [0, 0.05) is 0 Å². The number of benzene rings is 1. The van der Waals surface area contributed by atoms with Crippen molar-refractivity contribution in [3.63, 3.8) is 0 Å². The third kappa shape index (κ3) is 2.41. The third-order valence-electron chi connectivity index (χ3n) is 3.14. The quantitative estimate of drug-likeness (QED) is 0.353. The molecule has 2 atom stereocenters. The SMILES string of the molecule is C[C@@]1([Se]c2ccccc2)CCC[C@H]1N=[N+]=[N-]. The van der Waals surface area contributed by atoms with Crippen LogP contribution in [0.5, 0.6) is 0 Å². The van der Waals surface area contributed by atoms with Crippen molar-refractivity contribution in [3.05, 3.63) is 40.8 Å². The maximum absolute atomic E-state index is 8.59. The minimum absolute atomic E-state index is 0.192. The van der Waals surface area contributed by atoms with Gasteiger partial charge in [-0.3, -0.25) is 0 Å². The van der Waals surface area contributed by atoms with Crippen LogP contribution >= 0.6 is 0 Å². The van der Waals surface area contributed by atoms with Crippen molar-refractivity contribution < 1.29 is 0 Å². The second-order valence-corrected chi connectivity index (χ2v) is 7.71. The van der Waals surface area contributed by atoms with Gasteiger partial charge < -0.3 is 0 Å². The van der Waals surface area contributed by atoms with E-state index in [-0.39, 0.29) is 10.4 Å². The normalized spacial score (nSPS) is 28.7. The Morgan fingerprint density at radius 1 is 1.44 bits per heavy atom. The van der Waals surface area contributed by atoms with Crippen molar-refractivity contribution in [1.82, 2.24) is 0 Å². The van der Waals surface area contributed by atoms with E-state index in [0.29, 0.717) is 15.0 Å². The van der Waals surface area contributed by atoms with E-state index in [0.717, 1.165) is 6.42 Å². The van der Waals surface area contributed by atoms with Gasteiger partial charge in [0.25, 0.3) is 0 Å². The topological polar surface area (TPSA) is 48.8 Å². The summed E-state index contributed by atoms with van der Waals surface area (Å²) in [4.78, 5) is 2.99. The molecule has 0 N–H and O–H groups in total. The van der Waals surface area contributed by atoms with Gasteiger partial charge in [-0.25, -0.2) is 0 Å². The molecule has 1 aromatic carbocycles. The zero-order valence-electron chi connectivity index (χ0n) is 9.34. The predicted octanol–water partition coefficient (Wildman–Crippen LogP) is 3.06.